The van der Waals surface area contributed by atoms with Crippen LogP contribution in [-0.4, -0.2) is 29.1 Å². The minimum absolute atomic E-state index is 0.0393. The molecule has 2 aromatic heterocycles. The van der Waals surface area contributed by atoms with Crippen LogP contribution in [0, 0.1) is 0 Å². The number of nitrogens with one attached hydrogen (secondary N) is 2. The van der Waals surface area contributed by atoms with Crippen LogP contribution >= 0.6 is 11.3 Å². The molecule has 2 heterocycles. The molecule has 3 aromatic rings. The molecule has 3 rings (SSSR count). The first-order chi connectivity index (χ1) is 13.1. The van der Waals surface area contributed by atoms with Crippen LogP contribution in [0.4, 0.5) is 24.0 Å². The van der Waals surface area contributed by atoms with Gasteiger partial charge >= 0.3 is 6.18 Å². The predicted molar refractivity (Wildman–Crippen MR) is 95.2 cm³/mol. The zero-order chi connectivity index (χ0) is 20.4. The summed E-state index contributed by atoms with van der Waals surface area (Å²) >= 11 is 1.12. The molecule has 13 heteroatoms. The Morgan fingerprint density at radius 1 is 1.18 bits per heavy atom. The van der Waals surface area contributed by atoms with Crippen molar-refractivity contribution in [2.75, 3.05) is 10.0 Å². The highest BCUT2D eigenvalue weighted by Gasteiger charge is 2.33. The van der Waals surface area contributed by atoms with Crippen molar-refractivity contribution in [1.29, 1.82) is 0 Å². The van der Waals surface area contributed by atoms with Gasteiger partial charge in [-0.1, -0.05) is 0 Å². The normalized spacial score (nSPS) is 12.0. The number of hydrogen-bond acceptors (Lipinski definition) is 6. The average Bonchev–Trinajstić information content (AvgIpc) is 3.26. The second kappa shape index (κ2) is 7.59. The topological polar surface area (TPSA) is 106 Å². The van der Waals surface area contributed by atoms with Crippen LogP contribution in [0.3, 0.4) is 0 Å². The number of benzene rings is 1. The number of anilines is 2. The molecule has 0 spiro atoms. The monoisotopic (exact) mass is 431 g/mol. The van der Waals surface area contributed by atoms with Gasteiger partial charge in [-0.3, -0.25) is 14.2 Å². The number of amides is 1. The lowest BCUT2D eigenvalue weighted by Crippen LogP contribution is -2.20. The average molecular weight is 431 g/mol. The third kappa shape index (κ3) is 4.86. The van der Waals surface area contributed by atoms with Crippen molar-refractivity contribution < 1.29 is 26.4 Å². The minimum Gasteiger partial charge on any atom is -0.324 e. The molecule has 0 fully saturated rings. The number of nitrogens with zero attached hydrogens (tertiary/aromatic N) is 3. The number of halogens is 3. The molecule has 0 saturated carbocycles. The highest BCUT2D eigenvalue weighted by molar-refractivity contribution is 7.93. The van der Waals surface area contributed by atoms with Gasteiger partial charge in [0.25, 0.3) is 10.0 Å². The summed E-state index contributed by atoms with van der Waals surface area (Å²) in [4.78, 5) is 15.7. The van der Waals surface area contributed by atoms with E-state index >= 15 is 0 Å². The van der Waals surface area contributed by atoms with Crippen LogP contribution in [-0.2, 0) is 27.5 Å². The van der Waals surface area contributed by atoms with Crippen LogP contribution in [0.2, 0.25) is 0 Å². The fourth-order valence-electron chi connectivity index (χ4n) is 2.11. The maximum absolute atomic E-state index is 12.5. The van der Waals surface area contributed by atoms with E-state index in [9.17, 15) is 26.4 Å². The Bertz CT molecular complexity index is 1060. The first-order valence-electron chi connectivity index (χ1n) is 7.56. The summed E-state index contributed by atoms with van der Waals surface area (Å²) in [7, 11) is -3.82. The van der Waals surface area contributed by atoms with E-state index in [4.69, 9.17) is 0 Å². The van der Waals surface area contributed by atoms with Crippen molar-refractivity contribution in [3.63, 3.8) is 0 Å². The summed E-state index contributed by atoms with van der Waals surface area (Å²) in [6.07, 6.45) is -2.09. The van der Waals surface area contributed by atoms with E-state index in [0.29, 0.717) is 0 Å². The Labute approximate surface area is 161 Å². The third-order valence-electron chi connectivity index (χ3n) is 3.34. The molecular formula is C15H12F3N5O3S2. The molecule has 0 bridgehead atoms. The lowest BCUT2D eigenvalue weighted by molar-refractivity contribution is -0.141. The van der Waals surface area contributed by atoms with E-state index in [2.05, 4.69) is 20.1 Å². The van der Waals surface area contributed by atoms with Crippen molar-refractivity contribution in [2.24, 2.45) is 0 Å². The number of carbonyl (C=O) groups excluding carboxylic acids is 1. The standard InChI is InChI=1S/C15H12F3N5O3S2/c16-15(17,18)12-5-7-23(21-12)9-13(24)20-10-1-3-11(4-2-10)28(25,26)22-14-19-6-8-27-14/h1-8H,9H2,(H,19,22)(H,20,24). The Morgan fingerprint density at radius 3 is 2.46 bits per heavy atom. The molecule has 0 aliphatic heterocycles. The van der Waals surface area contributed by atoms with Gasteiger partial charge in [0.15, 0.2) is 10.8 Å². The molecule has 0 aliphatic rings. The zero-order valence-corrected chi connectivity index (χ0v) is 15.5. The largest absolute Gasteiger partial charge is 0.435 e. The number of thiazole rings is 1. The van der Waals surface area contributed by atoms with Gasteiger partial charge in [-0.05, 0) is 30.3 Å². The quantitative estimate of drug-likeness (QED) is 0.624. The van der Waals surface area contributed by atoms with Crippen molar-refractivity contribution in [1.82, 2.24) is 14.8 Å². The summed E-state index contributed by atoms with van der Waals surface area (Å²) in [5.74, 6) is -0.617. The summed E-state index contributed by atoms with van der Waals surface area (Å²) in [6, 6.07) is 6.04. The maximum Gasteiger partial charge on any atom is 0.435 e. The molecule has 148 valence electrons. The van der Waals surface area contributed by atoms with Gasteiger partial charge < -0.3 is 5.32 Å². The molecular weight excluding hydrogens is 419 g/mol. The minimum atomic E-state index is -4.59. The van der Waals surface area contributed by atoms with E-state index in [0.717, 1.165) is 28.3 Å². The Kier molecular flexibility index (Phi) is 5.38. The van der Waals surface area contributed by atoms with Gasteiger partial charge in [0.2, 0.25) is 5.91 Å². The number of alkyl halides is 3. The van der Waals surface area contributed by atoms with Crippen molar-refractivity contribution in [3.05, 3.63) is 53.8 Å². The van der Waals surface area contributed by atoms with Gasteiger partial charge in [0.05, 0.1) is 4.90 Å². The molecule has 0 radical (unpaired) electrons. The second-order valence-corrected chi connectivity index (χ2v) is 7.99. The summed E-state index contributed by atoms with van der Waals surface area (Å²) in [5, 5.41) is 7.58. The second-order valence-electron chi connectivity index (χ2n) is 5.41. The highest BCUT2D eigenvalue weighted by Crippen LogP contribution is 2.27. The molecule has 28 heavy (non-hydrogen) atoms. The van der Waals surface area contributed by atoms with Crippen LogP contribution in [0.15, 0.2) is 53.0 Å². The van der Waals surface area contributed by atoms with Crippen molar-refractivity contribution in [2.45, 2.75) is 17.6 Å². The van der Waals surface area contributed by atoms with E-state index in [-0.39, 0.29) is 15.7 Å². The molecule has 1 aromatic carbocycles. The Morgan fingerprint density at radius 2 is 1.89 bits per heavy atom. The Hall–Kier alpha value is -2.93. The number of carbonyl (C=O) groups is 1. The molecule has 0 atom stereocenters. The molecule has 2 N–H and O–H groups in total. The third-order valence-corrected chi connectivity index (χ3v) is 5.51. The lowest BCUT2D eigenvalue weighted by Gasteiger charge is -2.08. The molecule has 0 saturated heterocycles. The van der Waals surface area contributed by atoms with E-state index < -0.39 is 34.3 Å². The fraction of sp³-hybridized carbons (Fsp3) is 0.133. The first kappa shape index (κ1) is 19.8. The zero-order valence-electron chi connectivity index (χ0n) is 13.8. The smallest absolute Gasteiger partial charge is 0.324 e. The summed E-state index contributed by atoms with van der Waals surface area (Å²) in [6.45, 7) is -0.429. The van der Waals surface area contributed by atoms with Gasteiger partial charge in [-0.2, -0.15) is 18.3 Å². The van der Waals surface area contributed by atoms with Crippen LogP contribution in [0.1, 0.15) is 5.69 Å². The molecule has 8 nitrogen and oxygen atoms in total. The van der Waals surface area contributed by atoms with Gasteiger partial charge in [-0.25, -0.2) is 13.4 Å². The molecule has 1 amide bonds. The van der Waals surface area contributed by atoms with Gasteiger partial charge in [-0.15, -0.1) is 11.3 Å². The highest BCUT2D eigenvalue weighted by atomic mass is 32.2. The van der Waals surface area contributed by atoms with Crippen LogP contribution < -0.4 is 10.0 Å². The summed E-state index contributed by atoms with van der Waals surface area (Å²) in [5.41, 5.74) is -0.816. The van der Waals surface area contributed by atoms with Gasteiger partial charge in [0.1, 0.15) is 6.54 Å². The molecule has 0 aliphatic carbocycles. The predicted octanol–water partition coefficient (Wildman–Crippen LogP) is 2.80. The Balaban J connectivity index is 1.62. The summed E-state index contributed by atoms with van der Waals surface area (Å²) < 4.78 is 65.1. The number of sulfonamides is 1. The number of rotatable bonds is 6. The van der Waals surface area contributed by atoms with Gasteiger partial charge in [0, 0.05) is 23.5 Å². The van der Waals surface area contributed by atoms with Crippen molar-refractivity contribution >= 4 is 38.1 Å². The van der Waals surface area contributed by atoms with Crippen LogP contribution in [0.25, 0.3) is 0 Å². The van der Waals surface area contributed by atoms with Crippen LogP contribution in [0.5, 0.6) is 0 Å². The van der Waals surface area contributed by atoms with E-state index in [1.165, 1.54) is 30.5 Å². The first-order valence-corrected chi connectivity index (χ1v) is 9.93. The molecule has 0 unspecified atom stereocenters. The lowest BCUT2D eigenvalue weighted by atomic mass is 10.3. The SMILES string of the molecule is O=C(Cn1ccc(C(F)(F)F)n1)Nc1ccc(S(=O)(=O)Nc2nccs2)cc1. The van der Waals surface area contributed by atoms with Crippen molar-refractivity contribution in [3.8, 4) is 0 Å². The number of hydrogen-bond donors (Lipinski definition) is 2. The maximum atomic E-state index is 12.5. The number of aromatic nitrogens is 3. The van der Waals surface area contributed by atoms with E-state index in [1.807, 2.05) is 0 Å². The fourth-order valence-corrected chi connectivity index (χ4v) is 3.90. The van der Waals surface area contributed by atoms with E-state index in [1.54, 1.807) is 5.38 Å².